The number of nitrogens with zero attached hydrogens (tertiary/aromatic N) is 4. The van der Waals surface area contributed by atoms with Crippen LogP contribution in [0.2, 0.25) is 5.02 Å². The molecule has 2 aromatic carbocycles. The maximum Gasteiger partial charge on any atom is 0.490 e. The average Bonchev–Trinajstić information content (AvgIpc) is 3.31. The van der Waals surface area contributed by atoms with Crippen LogP contribution in [0.3, 0.4) is 0 Å². The monoisotopic (exact) mass is 633 g/mol. The Labute approximate surface area is 246 Å². The number of hydrogen-bond acceptors (Lipinski definition) is 7. The van der Waals surface area contributed by atoms with Crippen molar-refractivity contribution in [2.24, 2.45) is 0 Å². The Hall–Kier alpha value is -3.69. The minimum Gasteiger partial charge on any atom is -0.475 e. The molecule has 2 atom stereocenters. The van der Waals surface area contributed by atoms with Gasteiger partial charge in [-0.1, -0.05) is 23.7 Å². The summed E-state index contributed by atoms with van der Waals surface area (Å²) in [6, 6.07) is 13.1. The molecular formula is C27H26ClF6N5O4. The fourth-order valence-electron chi connectivity index (χ4n) is 4.88. The quantitative estimate of drug-likeness (QED) is 0.363. The zero-order chi connectivity index (χ0) is 31.5. The molecule has 16 heteroatoms. The molecule has 3 heterocycles. The predicted molar refractivity (Wildman–Crippen MR) is 144 cm³/mol. The number of piperidine rings is 1. The highest BCUT2D eigenvalue weighted by Gasteiger charge is 2.39. The number of amides is 1. The highest BCUT2D eigenvalue weighted by Crippen LogP contribution is 2.33. The van der Waals surface area contributed by atoms with Crippen LogP contribution in [0.25, 0.3) is 10.9 Å². The lowest BCUT2D eigenvalue weighted by Crippen LogP contribution is -2.50. The highest BCUT2D eigenvalue weighted by atomic mass is 35.5. The lowest BCUT2D eigenvalue weighted by atomic mass is 10.0. The second-order valence-corrected chi connectivity index (χ2v) is 10.4. The molecule has 5 rings (SSSR count). The Bertz CT molecular complexity index is 1450. The molecule has 0 unspecified atom stereocenters. The molecule has 3 N–H and O–H groups in total. The largest absolute Gasteiger partial charge is 0.490 e. The van der Waals surface area contributed by atoms with Crippen LogP contribution in [0.1, 0.15) is 29.0 Å². The number of likely N-dealkylation sites (tertiary alicyclic amines) is 1. The van der Waals surface area contributed by atoms with Crippen LogP contribution in [-0.2, 0) is 11.0 Å². The number of carbonyl (C=O) groups is 2. The zero-order valence-corrected chi connectivity index (χ0v) is 23.0. The summed E-state index contributed by atoms with van der Waals surface area (Å²) in [7, 11) is 0. The van der Waals surface area contributed by atoms with Gasteiger partial charge in [-0.15, -0.1) is 0 Å². The first kappa shape index (κ1) is 32.2. The van der Waals surface area contributed by atoms with Crippen LogP contribution in [0.15, 0.2) is 48.5 Å². The van der Waals surface area contributed by atoms with E-state index in [2.05, 4.69) is 15.3 Å². The molecule has 2 saturated heterocycles. The number of rotatable bonds is 4. The van der Waals surface area contributed by atoms with Gasteiger partial charge in [0.05, 0.1) is 17.7 Å². The minimum absolute atomic E-state index is 0.0479. The van der Waals surface area contributed by atoms with E-state index in [0.717, 1.165) is 0 Å². The number of alkyl halides is 6. The number of aliphatic hydroxyl groups excluding tert-OH is 1. The van der Waals surface area contributed by atoms with Gasteiger partial charge in [0.2, 0.25) is 5.82 Å². The molecule has 0 saturated carbocycles. The average molecular weight is 634 g/mol. The summed E-state index contributed by atoms with van der Waals surface area (Å²) in [4.78, 5) is 32.6. The normalized spacial score (nSPS) is 19.7. The molecule has 0 bridgehead atoms. The van der Waals surface area contributed by atoms with E-state index < -0.39 is 30.3 Å². The summed E-state index contributed by atoms with van der Waals surface area (Å²) in [5, 5.41) is 22.4. The third-order valence-electron chi connectivity index (χ3n) is 6.99. The van der Waals surface area contributed by atoms with E-state index in [1.54, 1.807) is 52.3 Å². The Morgan fingerprint density at radius 1 is 0.930 bits per heavy atom. The highest BCUT2D eigenvalue weighted by molar-refractivity contribution is 6.30. The van der Waals surface area contributed by atoms with E-state index in [9.17, 15) is 36.2 Å². The molecule has 3 aromatic rings. The van der Waals surface area contributed by atoms with Crippen molar-refractivity contribution in [3.8, 4) is 0 Å². The van der Waals surface area contributed by atoms with Crippen molar-refractivity contribution in [2.75, 3.05) is 31.1 Å². The van der Waals surface area contributed by atoms with E-state index in [4.69, 9.17) is 21.5 Å². The summed E-state index contributed by atoms with van der Waals surface area (Å²) < 4.78 is 72.0. The number of benzene rings is 2. The molecule has 2 fully saturated rings. The van der Waals surface area contributed by atoms with E-state index in [-0.39, 0.29) is 35.9 Å². The topological polar surface area (TPSA) is 119 Å². The van der Waals surface area contributed by atoms with Crippen molar-refractivity contribution in [1.29, 1.82) is 0 Å². The third kappa shape index (κ3) is 8.03. The number of carboxylic acid groups (broad SMARTS) is 1. The van der Waals surface area contributed by atoms with Crippen molar-refractivity contribution < 1.29 is 46.1 Å². The molecule has 2 aliphatic rings. The number of halogens is 7. The maximum absolute atomic E-state index is 13.4. The second kappa shape index (κ2) is 12.9. The van der Waals surface area contributed by atoms with E-state index in [1.165, 1.54) is 6.07 Å². The van der Waals surface area contributed by atoms with Crippen molar-refractivity contribution in [2.45, 2.75) is 43.4 Å². The van der Waals surface area contributed by atoms with Crippen molar-refractivity contribution in [3.63, 3.8) is 0 Å². The lowest BCUT2D eigenvalue weighted by molar-refractivity contribution is -0.192. The Balaban J connectivity index is 0.000000541. The number of anilines is 1. The van der Waals surface area contributed by atoms with Crippen LogP contribution >= 0.6 is 11.6 Å². The van der Waals surface area contributed by atoms with Gasteiger partial charge in [-0.25, -0.2) is 14.8 Å². The maximum atomic E-state index is 13.4. The van der Waals surface area contributed by atoms with Crippen LogP contribution in [0, 0.1) is 0 Å². The number of carbonyl (C=O) groups excluding carboxylic acids is 1. The molecule has 1 aromatic heterocycles. The molecule has 1 amide bonds. The summed E-state index contributed by atoms with van der Waals surface area (Å²) in [5.74, 6) is -3.83. The first-order valence-corrected chi connectivity index (χ1v) is 13.4. The molecule has 9 nitrogen and oxygen atoms in total. The number of aromatic nitrogens is 2. The number of para-hydroxylation sites is 1. The van der Waals surface area contributed by atoms with E-state index in [0.29, 0.717) is 48.4 Å². The van der Waals surface area contributed by atoms with Crippen LogP contribution in [-0.4, -0.2) is 87.5 Å². The Morgan fingerprint density at radius 2 is 1.53 bits per heavy atom. The molecule has 0 radical (unpaired) electrons. The Kier molecular flexibility index (Phi) is 9.66. The molecule has 0 aliphatic carbocycles. The van der Waals surface area contributed by atoms with Crippen molar-refractivity contribution >= 4 is 40.2 Å². The van der Waals surface area contributed by atoms with Crippen molar-refractivity contribution in [3.05, 3.63) is 64.9 Å². The van der Waals surface area contributed by atoms with Crippen LogP contribution in [0.5, 0.6) is 0 Å². The Morgan fingerprint density at radius 3 is 2.12 bits per heavy atom. The van der Waals surface area contributed by atoms with Crippen molar-refractivity contribution in [1.82, 2.24) is 20.2 Å². The van der Waals surface area contributed by atoms with Gasteiger partial charge in [-0.3, -0.25) is 4.79 Å². The summed E-state index contributed by atoms with van der Waals surface area (Å²) in [6.45, 7) is 1.60. The number of carboxylic acids is 1. The predicted octanol–water partition coefficient (Wildman–Crippen LogP) is 4.38. The number of aliphatic hydroxyl groups is 1. The molecule has 43 heavy (non-hydrogen) atoms. The second-order valence-electron chi connectivity index (χ2n) is 10.0. The first-order chi connectivity index (χ1) is 20.1. The fourth-order valence-corrected chi connectivity index (χ4v) is 5.00. The number of aliphatic carboxylic acids is 1. The zero-order valence-electron chi connectivity index (χ0n) is 22.2. The van der Waals surface area contributed by atoms with Gasteiger partial charge in [0.15, 0.2) is 0 Å². The first-order valence-electron chi connectivity index (χ1n) is 13.0. The minimum atomic E-state index is -5.08. The summed E-state index contributed by atoms with van der Waals surface area (Å²) in [5.41, 5.74) is 0.793. The van der Waals surface area contributed by atoms with Gasteiger partial charge in [-0.2, -0.15) is 26.3 Å². The smallest absolute Gasteiger partial charge is 0.475 e. The molecule has 2 aliphatic heterocycles. The lowest BCUT2D eigenvalue weighted by Gasteiger charge is -2.34. The van der Waals surface area contributed by atoms with Gasteiger partial charge in [-0.05, 0) is 49.2 Å². The molecule has 232 valence electrons. The number of β-amino-alcohol motifs (C(OH)–C–C–N with tert-alkyl or cyclic N) is 1. The number of nitrogens with one attached hydrogen (secondary N) is 1. The van der Waals surface area contributed by atoms with Gasteiger partial charge in [0.1, 0.15) is 5.82 Å². The SMILES string of the molecule is O=C(O)C(F)(F)F.O=C(c1ccc(Cl)cc1)N1CCC(N[C@@H]2CN(c3nc(C(F)(F)F)nc4ccccc34)C[C@H]2O)CC1. The van der Waals surface area contributed by atoms with Crippen LogP contribution < -0.4 is 10.2 Å². The van der Waals surface area contributed by atoms with Gasteiger partial charge < -0.3 is 25.3 Å². The standard InChI is InChI=1S/C25H25ClF3N5O2.C2HF3O2/c26-16-7-5-15(6-8-16)23(36)33-11-9-17(10-12-33)30-20-13-34(14-21(20)35)22-18-3-1-2-4-19(18)31-24(32-22)25(27,28)29;3-2(4,5)1(6)7/h1-8,17,20-21,30,35H,9-14H2;(H,6,7)/t20-,21-;/m1./s1. The number of fused-ring (bicyclic) bond motifs is 1. The summed E-state index contributed by atoms with van der Waals surface area (Å²) in [6.07, 6.45) is -9.12. The van der Waals surface area contributed by atoms with Crippen LogP contribution in [0.4, 0.5) is 32.2 Å². The van der Waals surface area contributed by atoms with E-state index >= 15 is 0 Å². The van der Waals surface area contributed by atoms with Gasteiger partial charge >= 0.3 is 18.3 Å². The van der Waals surface area contributed by atoms with Gasteiger partial charge in [0, 0.05) is 48.2 Å². The third-order valence-corrected chi connectivity index (χ3v) is 7.24. The number of hydrogen-bond donors (Lipinski definition) is 3. The van der Waals surface area contributed by atoms with E-state index in [1.807, 2.05) is 0 Å². The fraction of sp³-hybridized carbons (Fsp3) is 0.407. The summed E-state index contributed by atoms with van der Waals surface area (Å²) >= 11 is 5.91. The van der Waals surface area contributed by atoms with Gasteiger partial charge in [0.25, 0.3) is 5.91 Å². The molecular weight excluding hydrogens is 608 g/mol. The molecule has 0 spiro atoms.